The van der Waals surface area contributed by atoms with Gasteiger partial charge in [-0.15, -0.1) is 0 Å². The smallest absolute Gasteiger partial charge is 0.225 e. The molecule has 2 aliphatic heterocycles. The van der Waals surface area contributed by atoms with Crippen LogP contribution in [0.1, 0.15) is 17.5 Å². The molecule has 2 fully saturated rings. The molecule has 7 nitrogen and oxygen atoms in total. The highest BCUT2D eigenvalue weighted by molar-refractivity contribution is 7.88. The number of amides is 2. The number of hydrogen-bond acceptors (Lipinski definition) is 4. The van der Waals surface area contributed by atoms with E-state index in [0.717, 1.165) is 5.56 Å². The molecule has 2 aromatic rings. The Labute approximate surface area is 180 Å². The minimum Gasteiger partial charge on any atom is -0.352 e. The Morgan fingerprint density at radius 3 is 2.45 bits per heavy atom. The van der Waals surface area contributed by atoms with Gasteiger partial charge in [-0.2, -0.15) is 4.31 Å². The summed E-state index contributed by atoms with van der Waals surface area (Å²) in [4.78, 5) is 26.5. The maximum absolute atomic E-state index is 13.3. The van der Waals surface area contributed by atoms with Crippen LogP contribution >= 0.6 is 0 Å². The van der Waals surface area contributed by atoms with Crippen molar-refractivity contribution in [1.29, 1.82) is 0 Å². The van der Waals surface area contributed by atoms with Crippen LogP contribution in [0.2, 0.25) is 0 Å². The second-order valence-corrected chi connectivity index (χ2v) is 9.98. The molecule has 2 heterocycles. The van der Waals surface area contributed by atoms with Gasteiger partial charge in [-0.05, 0) is 23.3 Å². The number of nitrogens with zero attached hydrogens (tertiary/aromatic N) is 2. The fourth-order valence-electron chi connectivity index (χ4n) is 3.96. The van der Waals surface area contributed by atoms with Crippen molar-refractivity contribution in [2.75, 3.05) is 19.6 Å². The van der Waals surface area contributed by atoms with Gasteiger partial charge in [-0.25, -0.2) is 12.8 Å². The summed E-state index contributed by atoms with van der Waals surface area (Å²) < 4.78 is 39.7. The summed E-state index contributed by atoms with van der Waals surface area (Å²) in [6.07, 6.45) is 0.132. The normalized spacial score (nSPS) is 20.0. The fourth-order valence-corrected chi connectivity index (χ4v) is 5.54. The molecule has 0 radical (unpaired) electrons. The zero-order valence-corrected chi connectivity index (χ0v) is 17.7. The van der Waals surface area contributed by atoms with E-state index < -0.39 is 21.8 Å². The minimum atomic E-state index is -3.59. The molecule has 1 unspecified atom stereocenters. The van der Waals surface area contributed by atoms with Gasteiger partial charge in [-0.1, -0.05) is 42.5 Å². The van der Waals surface area contributed by atoms with E-state index >= 15 is 0 Å². The molecule has 1 N–H and O–H groups in total. The molecule has 2 aliphatic rings. The molecule has 1 atom stereocenters. The summed E-state index contributed by atoms with van der Waals surface area (Å²) >= 11 is 0. The second kappa shape index (κ2) is 8.76. The molecule has 2 aromatic carbocycles. The lowest BCUT2D eigenvalue weighted by molar-refractivity contribution is -0.132. The lowest BCUT2D eigenvalue weighted by Crippen LogP contribution is -2.61. The van der Waals surface area contributed by atoms with Crippen molar-refractivity contribution < 1.29 is 22.4 Å². The van der Waals surface area contributed by atoms with Crippen LogP contribution in [-0.4, -0.2) is 55.1 Å². The molecule has 9 heteroatoms. The third-order valence-electron chi connectivity index (χ3n) is 5.74. The number of rotatable bonds is 7. The zero-order chi connectivity index (χ0) is 22.0. The first kappa shape index (κ1) is 21.5. The summed E-state index contributed by atoms with van der Waals surface area (Å²) in [5, 5.41) is 2.87. The van der Waals surface area contributed by atoms with Crippen LogP contribution in [0.25, 0.3) is 0 Å². The number of sulfonamides is 1. The molecule has 0 saturated carbocycles. The van der Waals surface area contributed by atoms with Crippen LogP contribution < -0.4 is 5.32 Å². The van der Waals surface area contributed by atoms with Gasteiger partial charge < -0.3 is 10.2 Å². The molecule has 31 heavy (non-hydrogen) atoms. The summed E-state index contributed by atoms with van der Waals surface area (Å²) in [7, 11) is -3.59. The molecular formula is C22H24FN3O4S. The van der Waals surface area contributed by atoms with Crippen molar-refractivity contribution in [2.24, 2.45) is 5.92 Å². The van der Waals surface area contributed by atoms with E-state index in [1.807, 2.05) is 30.3 Å². The SMILES string of the molecule is O=C(NCc1ccccc1)C1CC(=O)N(C2CN(S(=O)(=O)Cc3cccc(F)c3)C2)C1. The van der Waals surface area contributed by atoms with Crippen LogP contribution in [0.3, 0.4) is 0 Å². The average molecular weight is 446 g/mol. The monoisotopic (exact) mass is 445 g/mol. The van der Waals surface area contributed by atoms with Gasteiger partial charge in [-0.3, -0.25) is 9.59 Å². The Hall–Kier alpha value is -2.78. The first-order valence-electron chi connectivity index (χ1n) is 10.2. The Bertz CT molecular complexity index is 1070. The number of benzene rings is 2. The fraction of sp³-hybridized carbons (Fsp3) is 0.364. The molecular weight excluding hydrogens is 421 g/mol. The Balaban J connectivity index is 1.28. The lowest BCUT2D eigenvalue weighted by atomic mass is 10.1. The number of nitrogens with one attached hydrogen (secondary N) is 1. The van der Waals surface area contributed by atoms with Crippen LogP contribution in [0.15, 0.2) is 54.6 Å². The molecule has 164 valence electrons. The zero-order valence-electron chi connectivity index (χ0n) is 16.9. The van der Waals surface area contributed by atoms with E-state index in [9.17, 15) is 22.4 Å². The van der Waals surface area contributed by atoms with Crippen molar-refractivity contribution in [2.45, 2.75) is 24.8 Å². The van der Waals surface area contributed by atoms with E-state index in [1.54, 1.807) is 11.0 Å². The predicted molar refractivity (Wildman–Crippen MR) is 112 cm³/mol. The van der Waals surface area contributed by atoms with Crippen LogP contribution in [0, 0.1) is 11.7 Å². The average Bonchev–Trinajstić information content (AvgIpc) is 3.06. The largest absolute Gasteiger partial charge is 0.352 e. The maximum atomic E-state index is 13.3. The van der Waals surface area contributed by atoms with Gasteiger partial charge in [0.1, 0.15) is 5.82 Å². The molecule has 0 spiro atoms. The van der Waals surface area contributed by atoms with Gasteiger partial charge in [0.25, 0.3) is 0 Å². The van der Waals surface area contributed by atoms with Gasteiger partial charge in [0.15, 0.2) is 0 Å². The predicted octanol–water partition coefficient (Wildman–Crippen LogP) is 1.50. The number of likely N-dealkylation sites (tertiary alicyclic amines) is 1. The van der Waals surface area contributed by atoms with Crippen molar-refractivity contribution in [3.63, 3.8) is 0 Å². The second-order valence-electron chi connectivity index (χ2n) is 8.01. The summed E-state index contributed by atoms with van der Waals surface area (Å²) in [6, 6.07) is 14.8. The minimum absolute atomic E-state index is 0.132. The molecule has 0 aliphatic carbocycles. The Kier molecular flexibility index (Phi) is 6.06. The topological polar surface area (TPSA) is 86.8 Å². The highest BCUT2D eigenvalue weighted by Gasteiger charge is 2.45. The Morgan fingerprint density at radius 1 is 1.03 bits per heavy atom. The van der Waals surface area contributed by atoms with Gasteiger partial charge >= 0.3 is 0 Å². The van der Waals surface area contributed by atoms with Crippen molar-refractivity contribution in [3.05, 3.63) is 71.5 Å². The molecule has 2 saturated heterocycles. The molecule has 4 rings (SSSR count). The third-order valence-corrected chi connectivity index (χ3v) is 7.52. The van der Waals surface area contributed by atoms with E-state index in [-0.39, 0.29) is 43.1 Å². The van der Waals surface area contributed by atoms with E-state index in [2.05, 4.69) is 5.32 Å². The highest BCUT2D eigenvalue weighted by atomic mass is 32.2. The van der Waals surface area contributed by atoms with Gasteiger partial charge in [0.2, 0.25) is 21.8 Å². The number of carbonyl (C=O) groups is 2. The van der Waals surface area contributed by atoms with Crippen LogP contribution in [-0.2, 0) is 31.9 Å². The van der Waals surface area contributed by atoms with Crippen molar-refractivity contribution >= 4 is 21.8 Å². The van der Waals surface area contributed by atoms with Gasteiger partial charge in [0.05, 0.1) is 17.7 Å². The quantitative estimate of drug-likeness (QED) is 0.700. The van der Waals surface area contributed by atoms with Crippen molar-refractivity contribution in [3.8, 4) is 0 Å². The first-order valence-corrected chi connectivity index (χ1v) is 11.8. The van der Waals surface area contributed by atoms with E-state index in [1.165, 1.54) is 22.5 Å². The Morgan fingerprint density at radius 2 is 1.74 bits per heavy atom. The molecule has 0 bridgehead atoms. The highest BCUT2D eigenvalue weighted by Crippen LogP contribution is 2.27. The maximum Gasteiger partial charge on any atom is 0.225 e. The van der Waals surface area contributed by atoms with Crippen molar-refractivity contribution in [1.82, 2.24) is 14.5 Å². The standard InChI is InChI=1S/C22H24FN3O4S/c23-19-8-4-7-17(9-19)15-31(29,30)25-13-20(14-25)26-12-18(10-21(26)27)22(28)24-11-16-5-2-1-3-6-16/h1-9,18,20H,10-15H2,(H,24,28). The van der Waals surface area contributed by atoms with Gasteiger partial charge in [0, 0.05) is 32.6 Å². The number of hydrogen-bond donors (Lipinski definition) is 1. The first-order chi connectivity index (χ1) is 14.8. The van der Waals surface area contributed by atoms with Crippen LogP contribution in [0.4, 0.5) is 4.39 Å². The summed E-state index contributed by atoms with van der Waals surface area (Å²) in [5.74, 6) is -1.50. The molecule has 2 amide bonds. The number of halogens is 1. The summed E-state index contributed by atoms with van der Waals surface area (Å²) in [6.45, 7) is 1.09. The third kappa shape index (κ3) is 4.94. The van der Waals surface area contributed by atoms with Crippen LogP contribution in [0.5, 0.6) is 0 Å². The molecule has 0 aromatic heterocycles. The lowest BCUT2D eigenvalue weighted by Gasteiger charge is -2.43. The van der Waals surface area contributed by atoms with E-state index in [4.69, 9.17) is 0 Å². The summed E-state index contributed by atoms with van der Waals surface area (Å²) in [5.41, 5.74) is 1.37. The number of carbonyl (C=O) groups excluding carboxylic acids is 2. The van der Waals surface area contributed by atoms with E-state index in [0.29, 0.717) is 18.7 Å².